The lowest BCUT2D eigenvalue weighted by Gasteiger charge is -2.38. The first-order valence-corrected chi connectivity index (χ1v) is 7.09. The summed E-state index contributed by atoms with van der Waals surface area (Å²) in [7, 11) is 0. The molecule has 114 valence electrons. The molecule has 1 aromatic heterocycles. The quantitative estimate of drug-likeness (QED) is 0.686. The maximum atomic E-state index is 14.6. The van der Waals surface area contributed by atoms with E-state index in [1.165, 1.54) is 11.1 Å². The maximum absolute atomic E-state index is 14.6. The molecule has 3 rings (SSSR count). The monoisotopic (exact) mass is 296 g/mol. The number of ether oxygens (including phenoxy) is 1. The van der Waals surface area contributed by atoms with E-state index in [4.69, 9.17) is 4.74 Å². The van der Waals surface area contributed by atoms with E-state index in [1.54, 1.807) is 26.8 Å². The number of aromatic nitrogens is 1. The third-order valence-electron chi connectivity index (χ3n) is 3.98. The SMILES string of the molecule is CC(C)(C)OC(=O)N1[C@@H]2CC[C@H]1[C@@H](F)c1c2ccnc1F. The van der Waals surface area contributed by atoms with E-state index >= 15 is 0 Å². The lowest BCUT2D eigenvalue weighted by molar-refractivity contribution is 0.000755. The smallest absolute Gasteiger partial charge is 0.411 e. The predicted molar refractivity (Wildman–Crippen MR) is 71.9 cm³/mol. The van der Waals surface area contributed by atoms with E-state index in [-0.39, 0.29) is 11.6 Å². The van der Waals surface area contributed by atoms with Gasteiger partial charge in [0.2, 0.25) is 5.95 Å². The minimum atomic E-state index is -1.56. The minimum Gasteiger partial charge on any atom is -0.444 e. The highest BCUT2D eigenvalue weighted by atomic mass is 19.1. The van der Waals surface area contributed by atoms with Crippen LogP contribution in [-0.2, 0) is 4.74 Å². The van der Waals surface area contributed by atoms with Gasteiger partial charge < -0.3 is 4.74 Å². The third kappa shape index (κ3) is 2.26. The molecule has 6 heteroatoms. The predicted octanol–water partition coefficient (Wildman–Crippen LogP) is 3.69. The molecule has 1 saturated heterocycles. The summed E-state index contributed by atoms with van der Waals surface area (Å²) < 4.78 is 33.8. The minimum absolute atomic E-state index is 0.00445. The van der Waals surface area contributed by atoms with Crippen molar-refractivity contribution in [1.29, 1.82) is 0 Å². The van der Waals surface area contributed by atoms with Gasteiger partial charge in [-0.3, -0.25) is 4.90 Å². The second-order valence-corrected chi connectivity index (χ2v) is 6.55. The standard InChI is InChI=1S/C15H18F2N2O2/c1-15(2,3)21-14(20)19-9-4-5-10(19)12(16)11-8(9)6-7-18-13(11)17/h6-7,9-10,12H,4-5H2,1-3H3/t9-,10+,12-/m1/s1. The van der Waals surface area contributed by atoms with Crippen molar-refractivity contribution < 1.29 is 18.3 Å². The highest BCUT2D eigenvalue weighted by molar-refractivity contribution is 5.71. The number of nitrogens with zero attached hydrogens (tertiary/aromatic N) is 2. The Morgan fingerprint density at radius 3 is 2.81 bits per heavy atom. The molecule has 1 fully saturated rings. The first-order valence-electron chi connectivity index (χ1n) is 7.09. The Kier molecular flexibility index (Phi) is 3.15. The fourth-order valence-corrected chi connectivity index (χ4v) is 3.23. The van der Waals surface area contributed by atoms with Gasteiger partial charge in [0, 0.05) is 11.8 Å². The van der Waals surface area contributed by atoms with Crippen molar-refractivity contribution in [2.24, 2.45) is 0 Å². The molecule has 2 aliphatic rings. The first kappa shape index (κ1) is 14.2. The van der Waals surface area contributed by atoms with E-state index in [9.17, 15) is 13.6 Å². The van der Waals surface area contributed by atoms with Gasteiger partial charge in [-0.2, -0.15) is 4.39 Å². The van der Waals surface area contributed by atoms with Crippen LogP contribution in [0.3, 0.4) is 0 Å². The molecule has 3 atom stereocenters. The Morgan fingerprint density at radius 1 is 1.43 bits per heavy atom. The van der Waals surface area contributed by atoms with Gasteiger partial charge in [0.05, 0.1) is 12.1 Å². The zero-order valence-electron chi connectivity index (χ0n) is 12.3. The van der Waals surface area contributed by atoms with Crippen LogP contribution in [0, 0.1) is 5.95 Å². The van der Waals surface area contributed by atoms with Crippen LogP contribution < -0.4 is 0 Å². The molecule has 3 heterocycles. The molecule has 0 saturated carbocycles. The average molecular weight is 296 g/mol. The molecule has 2 bridgehead atoms. The van der Waals surface area contributed by atoms with Gasteiger partial charge in [0.15, 0.2) is 6.17 Å². The molecule has 4 nitrogen and oxygen atoms in total. The molecule has 1 amide bonds. The number of carbonyl (C=O) groups is 1. The van der Waals surface area contributed by atoms with Gasteiger partial charge in [-0.15, -0.1) is 0 Å². The number of hydrogen-bond donors (Lipinski definition) is 0. The molecule has 1 aromatic rings. The van der Waals surface area contributed by atoms with E-state index in [2.05, 4.69) is 4.98 Å². The average Bonchev–Trinajstić information content (AvgIpc) is 2.74. The molecule has 2 aliphatic heterocycles. The fraction of sp³-hybridized carbons (Fsp3) is 0.600. The number of halogens is 2. The molecule has 21 heavy (non-hydrogen) atoms. The van der Waals surface area contributed by atoms with Gasteiger partial charge in [-0.05, 0) is 45.2 Å². The number of hydrogen-bond acceptors (Lipinski definition) is 3. The Morgan fingerprint density at radius 2 is 2.14 bits per heavy atom. The normalized spacial score (nSPS) is 27.5. The zero-order valence-corrected chi connectivity index (χ0v) is 12.3. The molecule has 0 aromatic carbocycles. The van der Waals surface area contributed by atoms with Crippen LogP contribution in [0.4, 0.5) is 13.6 Å². The molecule has 0 aliphatic carbocycles. The van der Waals surface area contributed by atoms with Crippen molar-refractivity contribution in [3.8, 4) is 0 Å². The van der Waals surface area contributed by atoms with Gasteiger partial charge in [-0.25, -0.2) is 14.2 Å². The van der Waals surface area contributed by atoms with Crippen LogP contribution >= 0.6 is 0 Å². The van der Waals surface area contributed by atoms with Crippen molar-refractivity contribution in [2.45, 2.75) is 57.5 Å². The Labute approximate surface area is 122 Å². The largest absolute Gasteiger partial charge is 0.444 e. The van der Waals surface area contributed by atoms with Crippen molar-refractivity contribution in [1.82, 2.24) is 9.88 Å². The molecule has 0 radical (unpaired) electrons. The number of pyridine rings is 1. The summed E-state index contributed by atoms with van der Waals surface area (Å²) in [6.07, 6.45) is 0.327. The summed E-state index contributed by atoms with van der Waals surface area (Å²) in [6, 6.07) is 0.592. The fourth-order valence-electron chi connectivity index (χ4n) is 3.23. The van der Waals surface area contributed by atoms with Crippen LogP contribution in [0.1, 0.15) is 57.0 Å². The van der Waals surface area contributed by atoms with Crippen LogP contribution in [0.25, 0.3) is 0 Å². The topological polar surface area (TPSA) is 42.4 Å². The van der Waals surface area contributed by atoms with Crippen LogP contribution in [-0.4, -0.2) is 27.6 Å². The van der Waals surface area contributed by atoms with E-state index in [1.807, 2.05) is 0 Å². The number of amides is 1. The number of alkyl halides is 1. The Hall–Kier alpha value is -1.72. The zero-order chi connectivity index (χ0) is 15.4. The maximum Gasteiger partial charge on any atom is 0.411 e. The summed E-state index contributed by atoms with van der Waals surface area (Å²) in [5.41, 5.74) is -0.133. The number of carbonyl (C=O) groups excluding carboxylic acids is 1. The van der Waals surface area contributed by atoms with Crippen molar-refractivity contribution in [3.05, 3.63) is 29.3 Å². The van der Waals surface area contributed by atoms with Gasteiger partial charge in [-0.1, -0.05) is 0 Å². The van der Waals surface area contributed by atoms with Crippen LogP contribution in [0.2, 0.25) is 0 Å². The van der Waals surface area contributed by atoms with Crippen molar-refractivity contribution in [2.75, 3.05) is 0 Å². The van der Waals surface area contributed by atoms with E-state index in [0.29, 0.717) is 18.4 Å². The molecular weight excluding hydrogens is 278 g/mol. The molecule has 0 N–H and O–H groups in total. The summed E-state index contributed by atoms with van der Waals surface area (Å²) in [4.78, 5) is 17.3. The molecule has 0 spiro atoms. The van der Waals surface area contributed by atoms with Gasteiger partial charge in [0.25, 0.3) is 0 Å². The lowest BCUT2D eigenvalue weighted by Crippen LogP contribution is -2.46. The van der Waals surface area contributed by atoms with Crippen molar-refractivity contribution >= 4 is 6.09 Å². The summed E-state index contributed by atoms with van der Waals surface area (Å²) in [5, 5.41) is 0. The second-order valence-electron chi connectivity index (χ2n) is 6.55. The second kappa shape index (κ2) is 4.64. The number of rotatable bonds is 0. The Balaban J connectivity index is 1.99. The number of fused-ring (bicyclic) bond motifs is 4. The summed E-state index contributed by atoms with van der Waals surface area (Å²) in [5.74, 6) is -0.777. The highest BCUT2D eigenvalue weighted by Crippen LogP contribution is 2.50. The highest BCUT2D eigenvalue weighted by Gasteiger charge is 2.50. The molecular formula is C15H18F2N2O2. The molecule has 0 unspecified atom stereocenters. The van der Waals surface area contributed by atoms with Crippen LogP contribution in [0.5, 0.6) is 0 Å². The van der Waals surface area contributed by atoms with Crippen LogP contribution in [0.15, 0.2) is 12.3 Å². The van der Waals surface area contributed by atoms with Gasteiger partial charge in [0.1, 0.15) is 5.60 Å². The Bertz CT molecular complexity index is 586. The van der Waals surface area contributed by atoms with Gasteiger partial charge >= 0.3 is 6.09 Å². The third-order valence-corrected chi connectivity index (χ3v) is 3.98. The van der Waals surface area contributed by atoms with E-state index in [0.717, 1.165) is 0 Å². The first-order chi connectivity index (χ1) is 9.79. The summed E-state index contributed by atoms with van der Waals surface area (Å²) >= 11 is 0. The van der Waals surface area contributed by atoms with E-state index < -0.39 is 29.9 Å². The summed E-state index contributed by atoms with van der Waals surface area (Å²) in [6.45, 7) is 5.30. The van der Waals surface area contributed by atoms with Crippen molar-refractivity contribution in [3.63, 3.8) is 0 Å². The lowest BCUT2D eigenvalue weighted by atomic mass is 9.93.